The highest BCUT2D eigenvalue weighted by Crippen LogP contribution is 2.27. The van der Waals surface area contributed by atoms with Crippen LogP contribution in [0.5, 0.6) is 0 Å². The lowest BCUT2D eigenvalue weighted by molar-refractivity contribution is 0.0952. The normalized spacial score (nSPS) is 13.4. The summed E-state index contributed by atoms with van der Waals surface area (Å²) >= 11 is 0. The van der Waals surface area contributed by atoms with Crippen LogP contribution in [0.15, 0.2) is 53.3 Å². The van der Waals surface area contributed by atoms with Gasteiger partial charge in [0.1, 0.15) is 0 Å². The molecule has 4 rings (SSSR count). The Bertz CT molecular complexity index is 1100. The first kappa shape index (κ1) is 20.1. The van der Waals surface area contributed by atoms with Gasteiger partial charge in [-0.1, -0.05) is 30.3 Å². The fraction of sp³-hybridized carbons (Fsp3) is 0.375. The number of amides is 1. The predicted octanol–water partition coefficient (Wildman–Crippen LogP) is 3.43. The van der Waals surface area contributed by atoms with E-state index in [2.05, 4.69) is 24.1 Å². The Morgan fingerprint density at radius 1 is 1.13 bits per heavy atom. The first-order valence-electron chi connectivity index (χ1n) is 10.7. The number of benzene rings is 2. The Labute approximate surface area is 176 Å². The van der Waals surface area contributed by atoms with E-state index >= 15 is 0 Å². The number of fused-ring (bicyclic) bond motifs is 1. The van der Waals surface area contributed by atoms with Gasteiger partial charge in [0.05, 0.1) is 17.4 Å². The third kappa shape index (κ3) is 4.22. The number of hydrogen-bond donors (Lipinski definition) is 1. The maximum absolute atomic E-state index is 13.4. The number of rotatable bonds is 8. The van der Waals surface area contributed by atoms with Gasteiger partial charge < -0.3 is 10.2 Å². The van der Waals surface area contributed by atoms with Gasteiger partial charge in [0, 0.05) is 25.2 Å². The van der Waals surface area contributed by atoms with Gasteiger partial charge in [0.2, 0.25) is 5.95 Å². The number of anilines is 1. The predicted molar refractivity (Wildman–Crippen MR) is 120 cm³/mol. The van der Waals surface area contributed by atoms with Gasteiger partial charge in [0.25, 0.3) is 11.5 Å². The third-order valence-electron chi connectivity index (χ3n) is 5.68. The molecule has 1 amide bonds. The van der Waals surface area contributed by atoms with E-state index in [1.54, 1.807) is 22.8 Å². The summed E-state index contributed by atoms with van der Waals surface area (Å²) in [4.78, 5) is 32.8. The van der Waals surface area contributed by atoms with Crippen LogP contribution < -0.4 is 15.8 Å². The highest BCUT2D eigenvalue weighted by Gasteiger charge is 2.22. The second-order valence-electron chi connectivity index (χ2n) is 7.85. The second-order valence-corrected chi connectivity index (χ2v) is 7.85. The summed E-state index contributed by atoms with van der Waals surface area (Å²) in [6.45, 7) is 6.75. The van der Waals surface area contributed by atoms with Crippen molar-refractivity contribution in [3.8, 4) is 0 Å². The average molecular weight is 405 g/mol. The summed E-state index contributed by atoms with van der Waals surface area (Å²) in [7, 11) is 0. The molecule has 3 aromatic rings. The molecule has 1 aromatic heterocycles. The molecule has 1 aliphatic carbocycles. The number of nitrogens with zero attached hydrogens (tertiary/aromatic N) is 3. The van der Waals surface area contributed by atoms with Gasteiger partial charge >= 0.3 is 0 Å². The second kappa shape index (κ2) is 8.69. The van der Waals surface area contributed by atoms with Crippen LogP contribution in [0.25, 0.3) is 10.9 Å². The van der Waals surface area contributed by atoms with Gasteiger partial charge in [-0.3, -0.25) is 14.2 Å². The Kier molecular flexibility index (Phi) is 5.84. The summed E-state index contributed by atoms with van der Waals surface area (Å²) in [6, 6.07) is 15.1. The molecule has 6 heteroatoms. The van der Waals surface area contributed by atoms with E-state index in [1.807, 2.05) is 30.3 Å². The monoisotopic (exact) mass is 404 g/mol. The molecule has 1 fully saturated rings. The average Bonchev–Trinajstić information content (AvgIpc) is 3.60. The zero-order valence-corrected chi connectivity index (χ0v) is 17.6. The lowest BCUT2D eigenvalue weighted by atomic mass is 10.1. The first-order valence-corrected chi connectivity index (χ1v) is 10.7. The fourth-order valence-electron chi connectivity index (χ4n) is 3.67. The van der Waals surface area contributed by atoms with Crippen LogP contribution >= 0.6 is 0 Å². The van der Waals surface area contributed by atoms with Crippen molar-refractivity contribution < 1.29 is 4.79 Å². The van der Waals surface area contributed by atoms with Crippen LogP contribution in [-0.2, 0) is 6.54 Å². The van der Waals surface area contributed by atoms with Crippen molar-refractivity contribution in [2.45, 2.75) is 33.2 Å². The number of nitrogens with one attached hydrogen (secondary N) is 1. The Morgan fingerprint density at radius 3 is 2.53 bits per heavy atom. The van der Waals surface area contributed by atoms with Crippen LogP contribution in [0.3, 0.4) is 0 Å². The van der Waals surface area contributed by atoms with Crippen molar-refractivity contribution >= 4 is 22.8 Å². The lowest BCUT2D eigenvalue weighted by Gasteiger charge is -2.24. The molecule has 0 bridgehead atoms. The number of hydrogen-bond acceptors (Lipinski definition) is 4. The van der Waals surface area contributed by atoms with E-state index in [4.69, 9.17) is 4.98 Å². The first-order chi connectivity index (χ1) is 14.6. The van der Waals surface area contributed by atoms with Crippen molar-refractivity contribution in [1.82, 2.24) is 14.9 Å². The molecule has 1 heterocycles. The smallest absolute Gasteiger partial charge is 0.263 e. The molecule has 0 atom stereocenters. The topological polar surface area (TPSA) is 67.2 Å². The number of aromatic nitrogens is 2. The minimum Gasteiger partial charge on any atom is -0.352 e. The summed E-state index contributed by atoms with van der Waals surface area (Å²) in [6.07, 6.45) is 2.38. The molecule has 30 heavy (non-hydrogen) atoms. The van der Waals surface area contributed by atoms with Crippen LogP contribution in [0.1, 0.15) is 42.6 Å². The van der Waals surface area contributed by atoms with Gasteiger partial charge in [-0.15, -0.1) is 0 Å². The SMILES string of the molecule is CCN(CC)c1nc2cc(C(=O)NCC3CC3)ccc2c(=O)n1Cc1ccccc1. The van der Waals surface area contributed by atoms with Gasteiger partial charge in [-0.25, -0.2) is 4.98 Å². The van der Waals surface area contributed by atoms with E-state index in [-0.39, 0.29) is 11.5 Å². The zero-order valence-electron chi connectivity index (χ0n) is 17.6. The molecule has 2 aromatic carbocycles. The molecular weight excluding hydrogens is 376 g/mol. The number of carbonyl (C=O) groups excluding carboxylic acids is 1. The molecule has 0 aliphatic heterocycles. The molecule has 6 nitrogen and oxygen atoms in total. The van der Waals surface area contributed by atoms with Crippen LogP contribution in [-0.4, -0.2) is 35.1 Å². The molecule has 1 saturated carbocycles. The standard InChI is InChI=1S/C24H28N4O2/c1-3-27(4-2)24-26-21-14-19(22(29)25-15-17-10-11-17)12-13-20(21)23(30)28(24)16-18-8-6-5-7-9-18/h5-9,12-14,17H,3-4,10-11,15-16H2,1-2H3,(H,25,29). The minimum absolute atomic E-state index is 0.0873. The van der Waals surface area contributed by atoms with E-state index in [1.165, 1.54) is 12.8 Å². The molecule has 1 N–H and O–H groups in total. The Morgan fingerprint density at radius 2 is 1.87 bits per heavy atom. The molecular formula is C24H28N4O2. The van der Waals surface area contributed by atoms with E-state index < -0.39 is 0 Å². The summed E-state index contributed by atoms with van der Waals surface area (Å²) < 4.78 is 1.73. The summed E-state index contributed by atoms with van der Waals surface area (Å²) in [5.41, 5.74) is 2.06. The van der Waals surface area contributed by atoms with Gasteiger partial charge in [0.15, 0.2) is 0 Å². The van der Waals surface area contributed by atoms with Gasteiger partial charge in [-0.05, 0) is 56.4 Å². The van der Waals surface area contributed by atoms with Crippen molar-refractivity contribution in [1.29, 1.82) is 0 Å². The van der Waals surface area contributed by atoms with Crippen LogP contribution in [0, 0.1) is 5.92 Å². The largest absolute Gasteiger partial charge is 0.352 e. The molecule has 0 saturated heterocycles. The van der Waals surface area contributed by atoms with Crippen molar-refractivity contribution in [3.63, 3.8) is 0 Å². The highest BCUT2D eigenvalue weighted by atomic mass is 16.1. The van der Waals surface area contributed by atoms with Crippen molar-refractivity contribution in [2.75, 3.05) is 24.5 Å². The third-order valence-corrected chi connectivity index (χ3v) is 5.68. The zero-order chi connectivity index (χ0) is 21.1. The maximum Gasteiger partial charge on any atom is 0.263 e. The van der Waals surface area contributed by atoms with Gasteiger partial charge in [-0.2, -0.15) is 0 Å². The summed E-state index contributed by atoms with van der Waals surface area (Å²) in [5.74, 6) is 1.15. The lowest BCUT2D eigenvalue weighted by Crippen LogP contribution is -2.33. The van der Waals surface area contributed by atoms with Crippen LogP contribution in [0.2, 0.25) is 0 Å². The minimum atomic E-state index is -0.108. The molecule has 1 aliphatic rings. The molecule has 156 valence electrons. The fourth-order valence-corrected chi connectivity index (χ4v) is 3.67. The Hall–Kier alpha value is -3.15. The van der Waals surface area contributed by atoms with Crippen molar-refractivity contribution in [3.05, 3.63) is 70.0 Å². The van der Waals surface area contributed by atoms with E-state index in [0.717, 1.165) is 18.7 Å². The molecule has 0 unspecified atom stereocenters. The quantitative estimate of drug-likeness (QED) is 0.625. The Balaban J connectivity index is 1.76. The molecule has 0 spiro atoms. The van der Waals surface area contributed by atoms with Crippen molar-refractivity contribution in [2.24, 2.45) is 5.92 Å². The van der Waals surface area contributed by atoms with E-state index in [0.29, 0.717) is 41.4 Å². The maximum atomic E-state index is 13.4. The summed E-state index contributed by atoms with van der Waals surface area (Å²) in [5, 5.41) is 3.51. The number of carbonyl (C=O) groups is 1. The molecule has 0 radical (unpaired) electrons. The highest BCUT2D eigenvalue weighted by molar-refractivity contribution is 5.97. The van der Waals surface area contributed by atoms with E-state index in [9.17, 15) is 9.59 Å². The van der Waals surface area contributed by atoms with Crippen LogP contribution in [0.4, 0.5) is 5.95 Å².